The molecule has 1 aliphatic rings. The fourth-order valence-electron chi connectivity index (χ4n) is 3.08. The molecule has 2 nitrogen and oxygen atoms in total. The first-order valence-electron chi connectivity index (χ1n) is 7.47. The van der Waals surface area contributed by atoms with Crippen LogP contribution in [0.25, 0.3) is 0 Å². The maximum absolute atomic E-state index is 4.32. The van der Waals surface area contributed by atoms with E-state index < -0.39 is 0 Å². The van der Waals surface area contributed by atoms with Crippen molar-refractivity contribution in [1.29, 1.82) is 0 Å². The number of nitrogens with one attached hydrogen (secondary N) is 1. The number of nitrogens with zero attached hydrogens (tertiary/aromatic N) is 1. The van der Waals surface area contributed by atoms with Gasteiger partial charge in [0.2, 0.25) is 0 Å². The Morgan fingerprint density at radius 2 is 2.11 bits per heavy atom. The number of hydrogen-bond acceptors (Lipinski definition) is 2. The van der Waals surface area contributed by atoms with E-state index in [-0.39, 0.29) is 0 Å². The molecule has 0 saturated heterocycles. The van der Waals surface area contributed by atoms with Gasteiger partial charge < -0.3 is 5.32 Å². The average molecular weight is 246 g/mol. The number of aryl methyl sites for hydroxylation is 1. The first kappa shape index (κ1) is 13.5. The average Bonchev–Trinajstić information content (AvgIpc) is 2.40. The lowest BCUT2D eigenvalue weighted by atomic mass is 9.81. The zero-order valence-corrected chi connectivity index (χ0v) is 11.8. The van der Waals surface area contributed by atoms with Gasteiger partial charge in [0, 0.05) is 17.9 Å². The van der Waals surface area contributed by atoms with Gasteiger partial charge in [0.05, 0.1) is 0 Å². The predicted octanol–water partition coefficient (Wildman–Crippen LogP) is 4.01. The van der Waals surface area contributed by atoms with Crippen LogP contribution in [0.2, 0.25) is 0 Å². The topological polar surface area (TPSA) is 24.9 Å². The van der Waals surface area contributed by atoms with Crippen molar-refractivity contribution in [1.82, 2.24) is 10.3 Å². The Kier molecular flexibility index (Phi) is 5.18. The van der Waals surface area contributed by atoms with E-state index in [9.17, 15) is 0 Å². The zero-order chi connectivity index (χ0) is 12.8. The van der Waals surface area contributed by atoms with E-state index in [1.807, 2.05) is 6.20 Å². The molecule has 1 unspecified atom stereocenters. The standard InChI is InChI=1S/C16H26N2/c1-3-10-18-16(14-7-5-4-6-8-14)15-9-11-17-13(2)12-15/h9,11-12,14,16,18H,3-8,10H2,1-2H3. The number of pyridine rings is 1. The van der Waals surface area contributed by atoms with Gasteiger partial charge in [-0.25, -0.2) is 0 Å². The predicted molar refractivity (Wildman–Crippen MR) is 76.6 cm³/mol. The Labute approximate surface area is 111 Å². The third kappa shape index (κ3) is 3.55. The summed E-state index contributed by atoms with van der Waals surface area (Å²) in [4.78, 5) is 4.32. The smallest absolute Gasteiger partial charge is 0.0375 e. The largest absolute Gasteiger partial charge is 0.310 e. The second-order valence-corrected chi connectivity index (χ2v) is 5.56. The van der Waals surface area contributed by atoms with E-state index in [4.69, 9.17) is 0 Å². The molecule has 0 spiro atoms. The summed E-state index contributed by atoms with van der Waals surface area (Å²) in [5.74, 6) is 0.812. The summed E-state index contributed by atoms with van der Waals surface area (Å²) in [6.07, 6.45) is 10.1. The molecule has 0 aromatic carbocycles. The van der Waals surface area contributed by atoms with Crippen molar-refractivity contribution in [3.05, 3.63) is 29.6 Å². The molecule has 100 valence electrons. The van der Waals surface area contributed by atoms with E-state index in [1.165, 1.54) is 44.1 Å². The van der Waals surface area contributed by atoms with Crippen LogP contribution in [-0.4, -0.2) is 11.5 Å². The van der Waals surface area contributed by atoms with Crippen LogP contribution in [0.4, 0.5) is 0 Å². The van der Waals surface area contributed by atoms with Gasteiger partial charge in [-0.05, 0) is 56.3 Å². The highest BCUT2D eigenvalue weighted by Crippen LogP contribution is 2.34. The molecule has 0 amide bonds. The SMILES string of the molecule is CCCNC(c1ccnc(C)c1)C1CCCCC1. The number of aromatic nitrogens is 1. The van der Waals surface area contributed by atoms with Crippen LogP contribution in [-0.2, 0) is 0 Å². The molecule has 1 N–H and O–H groups in total. The summed E-state index contributed by atoms with van der Waals surface area (Å²) in [5.41, 5.74) is 2.56. The maximum atomic E-state index is 4.32. The summed E-state index contributed by atoms with van der Waals surface area (Å²) in [6.45, 7) is 5.44. The lowest BCUT2D eigenvalue weighted by Crippen LogP contribution is -2.30. The van der Waals surface area contributed by atoms with Gasteiger partial charge in [-0.15, -0.1) is 0 Å². The number of rotatable bonds is 5. The minimum absolute atomic E-state index is 0.534. The molecule has 1 fully saturated rings. The molecular formula is C16H26N2. The van der Waals surface area contributed by atoms with Crippen molar-refractivity contribution >= 4 is 0 Å². The fourth-order valence-corrected chi connectivity index (χ4v) is 3.08. The Morgan fingerprint density at radius 1 is 1.33 bits per heavy atom. The van der Waals surface area contributed by atoms with Crippen molar-refractivity contribution in [2.24, 2.45) is 5.92 Å². The van der Waals surface area contributed by atoms with Gasteiger partial charge in [0.1, 0.15) is 0 Å². The molecule has 18 heavy (non-hydrogen) atoms. The highest BCUT2D eigenvalue weighted by atomic mass is 14.9. The van der Waals surface area contributed by atoms with E-state index in [0.717, 1.165) is 18.2 Å². The van der Waals surface area contributed by atoms with Crippen LogP contribution >= 0.6 is 0 Å². The van der Waals surface area contributed by atoms with Crippen LogP contribution in [0.1, 0.15) is 62.7 Å². The molecule has 1 aromatic heterocycles. The van der Waals surface area contributed by atoms with Crippen LogP contribution in [0.15, 0.2) is 18.3 Å². The minimum Gasteiger partial charge on any atom is -0.310 e. The molecule has 0 radical (unpaired) electrons. The lowest BCUT2D eigenvalue weighted by Gasteiger charge is -2.31. The van der Waals surface area contributed by atoms with Gasteiger partial charge in [0.15, 0.2) is 0 Å². The van der Waals surface area contributed by atoms with Gasteiger partial charge in [-0.3, -0.25) is 4.98 Å². The molecule has 1 aromatic rings. The first-order valence-corrected chi connectivity index (χ1v) is 7.47. The molecule has 2 rings (SSSR count). The summed E-state index contributed by atoms with van der Waals surface area (Å²) in [5, 5.41) is 3.75. The van der Waals surface area contributed by atoms with Crippen molar-refractivity contribution in [2.45, 2.75) is 58.4 Å². The summed E-state index contributed by atoms with van der Waals surface area (Å²) in [7, 11) is 0. The highest BCUT2D eigenvalue weighted by molar-refractivity contribution is 5.20. The molecule has 1 aliphatic carbocycles. The fraction of sp³-hybridized carbons (Fsp3) is 0.688. The monoisotopic (exact) mass is 246 g/mol. The van der Waals surface area contributed by atoms with Crippen molar-refractivity contribution < 1.29 is 0 Å². The second-order valence-electron chi connectivity index (χ2n) is 5.56. The highest BCUT2D eigenvalue weighted by Gasteiger charge is 2.24. The summed E-state index contributed by atoms with van der Waals surface area (Å²) >= 11 is 0. The molecule has 1 saturated carbocycles. The third-order valence-electron chi connectivity index (χ3n) is 4.02. The molecule has 0 aliphatic heterocycles. The van der Waals surface area contributed by atoms with Crippen molar-refractivity contribution in [2.75, 3.05) is 6.54 Å². The van der Waals surface area contributed by atoms with Gasteiger partial charge in [-0.1, -0.05) is 26.2 Å². The van der Waals surface area contributed by atoms with Crippen LogP contribution < -0.4 is 5.32 Å². The minimum atomic E-state index is 0.534. The van der Waals surface area contributed by atoms with E-state index >= 15 is 0 Å². The molecule has 1 atom stereocenters. The quantitative estimate of drug-likeness (QED) is 0.849. The number of hydrogen-bond donors (Lipinski definition) is 1. The first-order chi connectivity index (χ1) is 8.81. The van der Waals surface area contributed by atoms with Crippen molar-refractivity contribution in [3.8, 4) is 0 Å². The Bertz CT molecular complexity index is 356. The third-order valence-corrected chi connectivity index (χ3v) is 4.02. The molecular weight excluding hydrogens is 220 g/mol. The zero-order valence-electron chi connectivity index (χ0n) is 11.8. The van der Waals surface area contributed by atoms with E-state index in [2.05, 4.69) is 36.3 Å². The van der Waals surface area contributed by atoms with E-state index in [1.54, 1.807) is 0 Å². The molecule has 1 heterocycles. The molecule has 0 bridgehead atoms. The Balaban J connectivity index is 2.12. The normalized spacial score (nSPS) is 18.8. The van der Waals surface area contributed by atoms with Gasteiger partial charge in [-0.2, -0.15) is 0 Å². The lowest BCUT2D eigenvalue weighted by molar-refractivity contribution is 0.272. The second kappa shape index (κ2) is 6.89. The maximum Gasteiger partial charge on any atom is 0.0375 e. The molecule has 2 heteroatoms. The van der Waals surface area contributed by atoms with Crippen LogP contribution in [0, 0.1) is 12.8 Å². The van der Waals surface area contributed by atoms with Gasteiger partial charge >= 0.3 is 0 Å². The Hall–Kier alpha value is -0.890. The summed E-state index contributed by atoms with van der Waals surface area (Å²) in [6, 6.07) is 4.98. The van der Waals surface area contributed by atoms with Crippen molar-refractivity contribution in [3.63, 3.8) is 0 Å². The van der Waals surface area contributed by atoms with Crippen LogP contribution in [0.3, 0.4) is 0 Å². The Morgan fingerprint density at radius 3 is 2.78 bits per heavy atom. The van der Waals surface area contributed by atoms with E-state index in [0.29, 0.717) is 6.04 Å². The van der Waals surface area contributed by atoms with Crippen LogP contribution in [0.5, 0.6) is 0 Å². The summed E-state index contributed by atoms with van der Waals surface area (Å²) < 4.78 is 0. The van der Waals surface area contributed by atoms with Gasteiger partial charge in [0.25, 0.3) is 0 Å².